The number of aromatic nitrogens is 2. The summed E-state index contributed by atoms with van der Waals surface area (Å²) in [7, 11) is 0. The largest absolute Gasteiger partial charge is 0.390 e. The molecule has 0 bridgehead atoms. The highest BCUT2D eigenvalue weighted by Crippen LogP contribution is 2.14. The van der Waals surface area contributed by atoms with Crippen molar-refractivity contribution in [1.29, 1.82) is 0 Å². The number of hydrogen-bond acceptors (Lipinski definition) is 5. The van der Waals surface area contributed by atoms with Crippen molar-refractivity contribution < 1.29 is 5.11 Å². The van der Waals surface area contributed by atoms with Gasteiger partial charge in [-0.15, -0.1) is 0 Å². The predicted molar refractivity (Wildman–Crippen MR) is 71.5 cm³/mol. The van der Waals surface area contributed by atoms with Crippen LogP contribution >= 0.6 is 0 Å². The summed E-state index contributed by atoms with van der Waals surface area (Å²) >= 11 is 0. The molecule has 100 valence electrons. The van der Waals surface area contributed by atoms with Crippen LogP contribution < -0.4 is 4.90 Å². The van der Waals surface area contributed by atoms with Gasteiger partial charge in [-0.3, -0.25) is 9.88 Å². The van der Waals surface area contributed by atoms with Crippen molar-refractivity contribution >= 4 is 5.82 Å². The molecule has 1 N–H and O–H groups in total. The molecule has 0 spiro atoms. The van der Waals surface area contributed by atoms with Gasteiger partial charge >= 0.3 is 0 Å². The van der Waals surface area contributed by atoms with Gasteiger partial charge in [0.25, 0.3) is 0 Å². The Balaban J connectivity index is 1.92. The molecule has 5 heteroatoms. The van der Waals surface area contributed by atoms with Gasteiger partial charge in [0.15, 0.2) is 0 Å². The first kappa shape index (κ1) is 13.2. The zero-order valence-electron chi connectivity index (χ0n) is 11.2. The van der Waals surface area contributed by atoms with E-state index in [9.17, 15) is 0 Å². The third-order valence-electron chi connectivity index (χ3n) is 3.71. The second kappa shape index (κ2) is 6.11. The molecule has 0 radical (unpaired) electrons. The molecule has 0 aliphatic carbocycles. The number of rotatable bonds is 4. The second-order valence-electron chi connectivity index (χ2n) is 4.80. The molecule has 1 aromatic heterocycles. The molecule has 1 unspecified atom stereocenters. The lowest BCUT2D eigenvalue weighted by atomic mass is 10.2. The highest BCUT2D eigenvalue weighted by atomic mass is 16.3. The van der Waals surface area contributed by atoms with Crippen LogP contribution in [0.3, 0.4) is 0 Å². The summed E-state index contributed by atoms with van der Waals surface area (Å²) in [5.74, 6) is 0.913. The first-order valence-electron chi connectivity index (χ1n) is 6.65. The lowest BCUT2D eigenvalue weighted by molar-refractivity contribution is 0.192. The summed E-state index contributed by atoms with van der Waals surface area (Å²) in [6, 6.07) is 0.662. The van der Waals surface area contributed by atoms with Gasteiger partial charge in [0, 0.05) is 32.2 Å². The maximum atomic E-state index is 8.94. The van der Waals surface area contributed by atoms with Gasteiger partial charge in [-0.1, -0.05) is 6.92 Å². The zero-order chi connectivity index (χ0) is 13.0. The van der Waals surface area contributed by atoms with E-state index in [1.54, 1.807) is 12.4 Å². The van der Waals surface area contributed by atoms with Crippen LogP contribution in [0.4, 0.5) is 5.82 Å². The van der Waals surface area contributed by atoms with Crippen molar-refractivity contribution in [3.63, 3.8) is 0 Å². The topological polar surface area (TPSA) is 52.5 Å². The SMILES string of the molecule is CCC(C)N1CCN(c2cnc(CO)cn2)CC1. The molecule has 1 atom stereocenters. The summed E-state index contributed by atoms with van der Waals surface area (Å²) in [4.78, 5) is 13.3. The minimum atomic E-state index is -0.0466. The molecule has 0 saturated carbocycles. The number of aliphatic hydroxyl groups is 1. The average Bonchev–Trinajstić information content (AvgIpc) is 2.47. The predicted octanol–water partition coefficient (Wildman–Crippen LogP) is 0.889. The van der Waals surface area contributed by atoms with Crippen LogP contribution in [0, 0.1) is 0 Å². The minimum absolute atomic E-state index is 0.0466. The third-order valence-corrected chi connectivity index (χ3v) is 3.71. The van der Waals surface area contributed by atoms with Crippen LogP contribution in [-0.4, -0.2) is 52.2 Å². The second-order valence-corrected chi connectivity index (χ2v) is 4.80. The molecular formula is C13H22N4O. The fourth-order valence-corrected chi connectivity index (χ4v) is 2.24. The van der Waals surface area contributed by atoms with E-state index in [0.717, 1.165) is 32.0 Å². The van der Waals surface area contributed by atoms with Crippen molar-refractivity contribution in [2.24, 2.45) is 0 Å². The molecular weight excluding hydrogens is 228 g/mol. The van der Waals surface area contributed by atoms with Crippen LogP contribution in [0.1, 0.15) is 26.0 Å². The molecule has 1 aliphatic rings. The highest BCUT2D eigenvalue weighted by molar-refractivity contribution is 5.36. The van der Waals surface area contributed by atoms with Crippen LogP contribution in [0.25, 0.3) is 0 Å². The van der Waals surface area contributed by atoms with Gasteiger partial charge in [-0.25, -0.2) is 4.98 Å². The first-order valence-corrected chi connectivity index (χ1v) is 6.65. The Bertz CT molecular complexity index is 360. The van der Waals surface area contributed by atoms with E-state index in [-0.39, 0.29) is 6.61 Å². The Morgan fingerprint density at radius 3 is 2.44 bits per heavy atom. The van der Waals surface area contributed by atoms with E-state index in [0.29, 0.717) is 11.7 Å². The molecule has 0 aromatic carbocycles. The lowest BCUT2D eigenvalue weighted by Crippen LogP contribution is -2.49. The Morgan fingerprint density at radius 1 is 1.22 bits per heavy atom. The summed E-state index contributed by atoms with van der Waals surface area (Å²) in [6.07, 6.45) is 4.60. The lowest BCUT2D eigenvalue weighted by Gasteiger charge is -2.38. The molecule has 1 saturated heterocycles. The first-order chi connectivity index (χ1) is 8.74. The Morgan fingerprint density at radius 2 is 1.94 bits per heavy atom. The van der Waals surface area contributed by atoms with Gasteiger partial charge < -0.3 is 10.0 Å². The summed E-state index contributed by atoms with van der Waals surface area (Å²) in [5.41, 5.74) is 0.622. The standard InChI is InChI=1S/C13H22N4O/c1-3-11(2)16-4-6-17(7-5-16)13-9-14-12(10-18)8-15-13/h8-9,11,18H,3-7,10H2,1-2H3. The van der Waals surface area contributed by atoms with Crippen molar-refractivity contribution in [2.75, 3.05) is 31.1 Å². The number of hydrogen-bond donors (Lipinski definition) is 1. The number of anilines is 1. The summed E-state index contributed by atoms with van der Waals surface area (Å²) in [5, 5.41) is 8.94. The van der Waals surface area contributed by atoms with Crippen LogP contribution in [0.5, 0.6) is 0 Å². The van der Waals surface area contributed by atoms with E-state index < -0.39 is 0 Å². The van der Waals surface area contributed by atoms with Crippen molar-refractivity contribution in [2.45, 2.75) is 32.9 Å². The van der Waals surface area contributed by atoms with Crippen LogP contribution in [0.2, 0.25) is 0 Å². The monoisotopic (exact) mass is 250 g/mol. The maximum Gasteiger partial charge on any atom is 0.147 e. The van der Waals surface area contributed by atoms with Gasteiger partial charge in [0.05, 0.1) is 24.7 Å². The maximum absolute atomic E-state index is 8.94. The summed E-state index contributed by atoms with van der Waals surface area (Å²) < 4.78 is 0. The van der Waals surface area contributed by atoms with E-state index in [2.05, 4.69) is 33.6 Å². The normalized spacial score (nSPS) is 18.9. The van der Waals surface area contributed by atoms with Crippen LogP contribution in [0.15, 0.2) is 12.4 Å². The molecule has 1 aromatic rings. The van der Waals surface area contributed by atoms with E-state index in [1.807, 2.05) is 0 Å². The zero-order valence-corrected chi connectivity index (χ0v) is 11.2. The molecule has 2 heterocycles. The van der Waals surface area contributed by atoms with Gasteiger partial charge in [-0.2, -0.15) is 0 Å². The highest BCUT2D eigenvalue weighted by Gasteiger charge is 2.20. The van der Waals surface area contributed by atoms with E-state index >= 15 is 0 Å². The Kier molecular flexibility index (Phi) is 4.49. The number of nitrogens with zero attached hydrogens (tertiary/aromatic N) is 4. The Hall–Kier alpha value is -1.20. The van der Waals surface area contributed by atoms with Crippen molar-refractivity contribution in [3.05, 3.63) is 18.1 Å². The smallest absolute Gasteiger partial charge is 0.147 e. The fraction of sp³-hybridized carbons (Fsp3) is 0.692. The van der Waals surface area contributed by atoms with Crippen LogP contribution in [-0.2, 0) is 6.61 Å². The molecule has 1 aliphatic heterocycles. The minimum Gasteiger partial charge on any atom is -0.390 e. The number of piperazine rings is 1. The van der Waals surface area contributed by atoms with Crippen molar-refractivity contribution in [1.82, 2.24) is 14.9 Å². The number of aliphatic hydroxyl groups excluding tert-OH is 1. The van der Waals surface area contributed by atoms with Gasteiger partial charge in [0.1, 0.15) is 5.82 Å². The third kappa shape index (κ3) is 2.97. The molecule has 1 fully saturated rings. The molecule has 0 amide bonds. The Labute approximate surface area is 108 Å². The van der Waals surface area contributed by atoms with Gasteiger partial charge in [0.2, 0.25) is 0 Å². The van der Waals surface area contributed by atoms with Crippen molar-refractivity contribution in [3.8, 4) is 0 Å². The fourth-order valence-electron chi connectivity index (χ4n) is 2.24. The summed E-state index contributed by atoms with van der Waals surface area (Å²) in [6.45, 7) is 8.63. The molecule has 18 heavy (non-hydrogen) atoms. The molecule has 2 rings (SSSR count). The molecule has 5 nitrogen and oxygen atoms in total. The van der Waals surface area contributed by atoms with E-state index in [1.165, 1.54) is 6.42 Å². The van der Waals surface area contributed by atoms with E-state index in [4.69, 9.17) is 5.11 Å². The average molecular weight is 250 g/mol. The quantitative estimate of drug-likeness (QED) is 0.860. The van der Waals surface area contributed by atoms with Gasteiger partial charge in [-0.05, 0) is 13.3 Å².